The molecule has 152 valence electrons. The number of fused-ring (bicyclic) bond motifs is 1. The van der Waals surface area contributed by atoms with E-state index in [1.165, 1.54) is 22.2 Å². The predicted molar refractivity (Wildman–Crippen MR) is 120 cm³/mol. The molecule has 0 spiro atoms. The molecule has 29 heavy (non-hydrogen) atoms. The summed E-state index contributed by atoms with van der Waals surface area (Å²) in [5, 5.41) is 5.18. The van der Waals surface area contributed by atoms with Crippen LogP contribution >= 0.6 is 23.1 Å². The number of rotatable bonds is 7. The summed E-state index contributed by atoms with van der Waals surface area (Å²) in [4.78, 5) is 26.0. The first-order chi connectivity index (χ1) is 14.2. The van der Waals surface area contributed by atoms with E-state index in [9.17, 15) is 4.79 Å². The minimum atomic E-state index is 0.0919. The second-order valence-corrected chi connectivity index (χ2v) is 9.44. The van der Waals surface area contributed by atoms with Crippen molar-refractivity contribution in [2.75, 3.05) is 18.8 Å². The first kappa shape index (κ1) is 20.3. The quantitative estimate of drug-likeness (QED) is 0.455. The van der Waals surface area contributed by atoms with Crippen LogP contribution in [-0.4, -0.2) is 45.7 Å². The van der Waals surface area contributed by atoms with Crippen LogP contribution in [0.3, 0.4) is 0 Å². The molecule has 0 unspecified atom stereocenters. The number of hydrogen-bond acceptors (Lipinski definition) is 6. The van der Waals surface area contributed by atoms with Crippen molar-refractivity contribution in [3.8, 4) is 0 Å². The number of benzene rings is 1. The molecule has 2 aromatic heterocycles. The third-order valence-corrected chi connectivity index (χ3v) is 7.43. The first-order valence-corrected chi connectivity index (χ1v) is 11.9. The smallest absolute Gasteiger partial charge is 0.230 e. The highest BCUT2D eigenvalue weighted by molar-refractivity contribution is 8.00. The molecule has 1 fully saturated rings. The Hall–Kier alpha value is -1.96. The van der Waals surface area contributed by atoms with E-state index in [0.717, 1.165) is 54.1 Å². The zero-order chi connectivity index (χ0) is 20.1. The molecule has 3 aromatic rings. The number of hydrogen-bond donors (Lipinski definition) is 1. The lowest BCUT2D eigenvalue weighted by atomic mass is 10.0. The van der Waals surface area contributed by atoms with Crippen molar-refractivity contribution in [2.24, 2.45) is 0 Å². The van der Waals surface area contributed by atoms with Gasteiger partial charge in [-0.25, -0.2) is 9.97 Å². The van der Waals surface area contributed by atoms with Gasteiger partial charge in [-0.15, -0.1) is 11.3 Å². The normalized spacial score (nSPS) is 15.6. The maximum atomic E-state index is 12.5. The van der Waals surface area contributed by atoms with Gasteiger partial charge in [0.15, 0.2) is 0 Å². The summed E-state index contributed by atoms with van der Waals surface area (Å²) in [7, 11) is 0. The minimum Gasteiger partial charge on any atom is -0.353 e. The van der Waals surface area contributed by atoms with E-state index in [0.29, 0.717) is 5.75 Å². The van der Waals surface area contributed by atoms with Crippen molar-refractivity contribution >= 4 is 39.2 Å². The predicted octanol–water partition coefficient (Wildman–Crippen LogP) is 4.13. The Morgan fingerprint density at radius 2 is 2.03 bits per heavy atom. The lowest BCUT2D eigenvalue weighted by Crippen LogP contribution is -2.44. The topological polar surface area (TPSA) is 58.1 Å². The highest BCUT2D eigenvalue weighted by atomic mass is 32.2. The molecule has 7 heteroatoms. The Labute approximate surface area is 179 Å². The SMILES string of the molecule is CCc1cc2c(SCC(=O)NC3CCN(Cc4ccccc4)CC3)ncnc2s1. The number of aryl methyl sites for hydroxylation is 1. The zero-order valence-electron chi connectivity index (χ0n) is 16.6. The molecular weight excluding hydrogens is 400 g/mol. The lowest BCUT2D eigenvalue weighted by Gasteiger charge is -2.32. The van der Waals surface area contributed by atoms with Crippen molar-refractivity contribution in [1.29, 1.82) is 0 Å². The van der Waals surface area contributed by atoms with Crippen LogP contribution in [0.4, 0.5) is 0 Å². The number of carbonyl (C=O) groups excluding carboxylic acids is 1. The van der Waals surface area contributed by atoms with Crippen LogP contribution in [0, 0.1) is 0 Å². The van der Waals surface area contributed by atoms with Crippen LogP contribution in [0.15, 0.2) is 47.8 Å². The van der Waals surface area contributed by atoms with Crippen molar-refractivity contribution in [3.63, 3.8) is 0 Å². The van der Waals surface area contributed by atoms with Crippen LogP contribution in [-0.2, 0) is 17.8 Å². The van der Waals surface area contributed by atoms with E-state index in [1.807, 2.05) is 0 Å². The Bertz CT molecular complexity index is 952. The molecular formula is C22H26N4OS2. The van der Waals surface area contributed by atoms with Gasteiger partial charge in [-0.1, -0.05) is 49.0 Å². The first-order valence-electron chi connectivity index (χ1n) is 10.1. The van der Waals surface area contributed by atoms with Gasteiger partial charge < -0.3 is 5.32 Å². The third-order valence-electron chi connectivity index (χ3n) is 5.23. The van der Waals surface area contributed by atoms with E-state index in [4.69, 9.17) is 0 Å². The van der Waals surface area contributed by atoms with Gasteiger partial charge in [0.2, 0.25) is 5.91 Å². The summed E-state index contributed by atoms with van der Waals surface area (Å²) in [5.41, 5.74) is 1.35. The van der Waals surface area contributed by atoms with Crippen LogP contribution in [0.5, 0.6) is 0 Å². The monoisotopic (exact) mass is 426 g/mol. The highest BCUT2D eigenvalue weighted by Gasteiger charge is 2.21. The summed E-state index contributed by atoms with van der Waals surface area (Å²) in [6, 6.07) is 13.0. The van der Waals surface area contributed by atoms with Crippen molar-refractivity contribution in [1.82, 2.24) is 20.2 Å². The van der Waals surface area contributed by atoms with Crippen molar-refractivity contribution < 1.29 is 4.79 Å². The van der Waals surface area contributed by atoms with Gasteiger partial charge in [-0.2, -0.15) is 0 Å². The third kappa shape index (κ3) is 5.35. The molecule has 0 saturated carbocycles. The largest absolute Gasteiger partial charge is 0.353 e. The molecule has 0 bridgehead atoms. The lowest BCUT2D eigenvalue weighted by molar-refractivity contribution is -0.119. The molecule has 3 heterocycles. The van der Waals surface area contributed by atoms with Gasteiger partial charge in [0.25, 0.3) is 0 Å². The molecule has 0 radical (unpaired) electrons. The van der Waals surface area contributed by atoms with Crippen LogP contribution in [0.2, 0.25) is 0 Å². The van der Waals surface area contributed by atoms with Gasteiger partial charge in [-0.3, -0.25) is 9.69 Å². The average Bonchev–Trinajstić information content (AvgIpc) is 3.18. The number of thiophene rings is 1. The Kier molecular flexibility index (Phi) is 6.79. The number of nitrogens with one attached hydrogen (secondary N) is 1. The van der Waals surface area contributed by atoms with Crippen LogP contribution in [0.25, 0.3) is 10.2 Å². The van der Waals surface area contributed by atoms with Gasteiger partial charge >= 0.3 is 0 Å². The molecule has 1 aliphatic rings. The number of amides is 1. The summed E-state index contributed by atoms with van der Waals surface area (Å²) in [6.45, 7) is 5.17. The molecule has 4 rings (SSSR count). The second kappa shape index (κ2) is 9.69. The van der Waals surface area contributed by atoms with Crippen LogP contribution in [0.1, 0.15) is 30.2 Å². The van der Waals surface area contributed by atoms with E-state index in [2.05, 4.69) is 63.5 Å². The fourth-order valence-electron chi connectivity index (χ4n) is 3.65. The maximum absolute atomic E-state index is 12.5. The minimum absolute atomic E-state index is 0.0919. The second-order valence-electron chi connectivity index (χ2n) is 7.36. The van der Waals surface area contributed by atoms with E-state index < -0.39 is 0 Å². The van der Waals surface area contributed by atoms with Gasteiger partial charge in [0.1, 0.15) is 16.2 Å². The molecule has 1 aliphatic heterocycles. The summed E-state index contributed by atoms with van der Waals surface area (Å²) in [6.07, 6.45) is 4.60. The summed E-state index contributed by atoms with van der Waals surface area (Å²) in [5.74, 6) is 0.488. The molecule has 1 aromatic carbocycles. The Morgan fingerprint density at radius 1 is 1.24 bits per heavy atom. The fraction of sp³-hybridized carbons (Fsp3) is 0.409. The van der Waals surface area contributed by atoms with E-state index >= 15 is 0 Å². The number of piperidine rings is 1. The zero-order valence-corrected chi connectivity index (χ0v) is 18.3. The molecule has 1 N–H and O–H groups in total. The molecule has 5 nitrogen and oxygen atoms in total. The standard InChI is InChI=1S/C22H26N4OS2/c1-2-18-12-19-21(23-15-24-22(19)29-18)28-14-20(27)25-17-8-10-26(11-9-17)13-16-6-4-3-5-7-16/h3-7,12,15,17H,2,8-11,13-14H2,1H3,(H,25,27). The number of thioether (sulfide) groups is 1. The number of likely N-dealkylation sites (tertiary alicyclic amines) is 1. The fourth-order valence-corrected chi connectivity index (χ4v) is 5.44. The van der Waals surface area contributed by atoms with Crippen molar-refractivity contribution in [2.45, 2.75) is 43.8 Å². The maximum Gasteiger partial charge on any atom is 0.230 e. The summed E-state index contributed by atoms with van der Waals surface area (Å²) >= 11 is 3.21. The average molecular weight is 427 g/mol. The van der Waals surface area contributed by atoms with Crippen LogP contribution < -0.4 is 5.32 Å². The Morgan fingerprint density at radius 3 is 2.79 bits per heavy atom. The molecule has 0 atom stereocenters. The van der Waals surface area contributed by atoms with Crippen molar-refractivity contribution in [3.05, 3.63) is 53.2 Å². The Balaban J connectivity index is 1.24. The van der Waals surface area contributed by atoms with E-state index in [1.54, 1.807) is 17.7 Å². The molecule has 0 aliphatic carbocycles. The van der Waals surface area contributed by atoms with Gasteiger partial charge in [-0.05, 0) is 30.9 Å². The highest BCUT2D eigenvalue weighted by Crippen LogP contribution is 2.30. The number of nitrogens with zero attached hydrogens (tertiary/aromatic N) is 3. The summed E-state index contributed by atoms with van der Waals surface area (Å²) < 4.78 is 0. The number of carbonyl (C=O) groups is 1. The molecule has 1 amide bonds. The van der Waals surface area contributed by atoms with Gasteiger partial charge in [0.05, 0.1) is 5.75 Å². The van der Waals surface area contributed by atoms with E-state index in [-0.39, 0.29) is 11.9 Å². The molecule has 1 saturated heterocycles. The number of aromatic nitrogens is 2. The van der Waals surface area contributed by atoms with Gasteiger partial charge in [0, 0.05) is 35.9 Å².